The minimum absolute atomic E-state index is 0.0229. The number of carbonyl (C=O) groups excluding carboxylic acids is 4. The maximum absolute atomic E-state index is 12.6. The van der Waals surface area contributed by atoms with E-state index in [0.717, 1.165) is 207 Å². The van der Waals surface area contributed by atoms with Crippen molar-refractivity contribution in [1.82, 2.24) is 123 Å². The summed E-state index contributed by atoms with van der Waals surface area (Å²) in [6, 6.07) is 18.1. The number of H-pyrrole nitrogens is 4. The number of carbonyl (C=O) groups is 4. The van der Waals surface area contributed by atoms with E-state index < -0.39 is 0 Å². The van der Waals surface area contributed by atoms with Gasteiger partial charge in [0.1, 0.15) is 23.3 Å². The first kappa shape index (κ1) is 97.7. The van der Waals surface area contributed by atoms with Crippen molar-refractivity contribution in [3.05, 3.63) is 96.1 Å². The Bertz CT molecular complexity index is 5140. The lowest BCUT2D eigenvalue weighted by Gasteiger charge is -2.39. The Morgan fingerprint density at radius 1 is 0.353 bits per heavy atom. The average Bonchev–Trinajstić information content (AvgIpc) is 1.64. The quantitative estimate of drug-likeness (QED) is 0.0179. The molecule has 3 atom stereocenters. The van der Waals surface area contributed by atoms with E-state index in [2.05, 4.69) is 190 Å². The monoisotopic (exact) mass is 1920 g/mol. The van der Waals surface area contributed by atoms with Crippen LogP contribution in [0, 0.1) is 5.41 Å². The normalized spacial score (nSPS) is 26.6. The summed E-state index contributed by atoms with van der Waals surface area (Å²) < 4.78 is 27.0. The topological polar surface area (TPSA) is 525 Å². The van der Waals surface area contributed by atoms with Crippen LogP contribution in [0.1, 0.15) is 297 Å². The van der Waals surface area contributed by atoms with Gasteiger partial charge in [0.2, 0.25) is 23.8 Å². The van der Waals surface area contributed by atoms with E-state index in [1.54, 1.807) is 39.0 Å². The predicted molar refractivity (Wildman–Crippen MR) is 530 cm³/mol. The number of amides is 8. The molecule has 41 heteroatoms. The van der Waals surface area contributed by atoms with Crippen LogP contribution in [0.25, 0.3) is 0 Å². The number of rotatable bonds is 31. The van der Waals surface area contributed by atoms with Crippen molar-refractivity contribution in [1.29, 1.82) is 0 Å². The second-order valence-electron chi connectivity index (χ2n) is 40.9. The van der Waals surface area contributed by atoms with Crippen molar-refractivity contribution in [3.63, 3.8) is 0 Å². The summed E-state index contributed by atoms with van der Waals surface area (Å²) in [5, 5.41) is 82.1. The molecule has 13 aliphatic rings. The van der Waals surface area contributed by atoms with Gasteiger partial charge in [-0.1, -0.05) is 51.4 Å². The third kappa shape index (κ3) is 28.9. The Morgan fingerprint density at radius 2 is 0.655 bits per heavy atom. The number of aromatic nitrogens is 16. The molecule has 3 aliphatic heterocycles. The number of nitrogens with one attached hydrogen (secondary N) is 20. The Morgan fingerprint density at radius 3 is 0.957 bits per heavy atom. The summed E-state index contributed by atoms with van der Waals surface area (Å²) in [6.07, 6.45) is 49.7. The van der Waals surface area contributed by atoms with Crippen LogP contribution in [0.4, 0.5) is 89.5 Å². The zero-order valence-corrected chi connectivity index (χ0v) is 80.7. The lowest BCUT2D eigenvalue weighted by Crippen LogP contribution is -2.54. The van der Waals surface area contributed by atoms with E-state index in [-0.39, 0.29) is 90.8 Å². The van der Waals surface area contributed by atoms with E-state index in [1.807, 2.05) is 24.3 Å². The first-order valence-electron chi connectivity index (χ1n) is 51.9. The largest absolute Gasteiger partial charge is 0.383 e. The highest BCUT2D eigenvalue weighted by Gasteiger charge is 2.46. The molecule has 1 spiro atoms. The van der Waals surface area contributed by atoms with Crippen LogP contribution in [0.3, 0.4) is 0 Å². The Hall–Kier alpha value is -11.6. The molecule has 10 aliphatic carbocycles. The number of urea groups is 4. The standard InChI is InChI=1S/C26H38N8O3.C26H38N8O2.C24H36N8O2.C22H34N8O2/c35-26(30-19-11-20-14-36-15-21(12-19)37-20)29-18-7-5-17(6-8-18)28-25-27-10-9-23(32-25)31-24-13-22(33-34-24)16-3-1-2-4-16;35-25(30-20-9-11-26(14-20)15-36-16-26)29-19-7-5-18(6-8-19)28-24-27-12-10-22(32-24)31-23-13-21(33-34-23)17-3-1-2-4-17;1-34-19-12-18(13-19)28-24(33)27-17-8-6-16(7-9-17)26-23-25-11-10-21(30-23)29-22-14-20(31-32-22)15-4-2-3-5-15;1-32-13-12-24-22(31)26-17-8-6-16(7-9-17)25-21-23-11-10-19(28-21)27-20-14-18(29-30-20)15-4-2-3-5-15/h9-10,13,16-21H,1-8,11-12,14-15H2,(H2,29,30,35)(H3,27,28,31,32,33,34);10,12-13,17-20H,1-9,11,14-16H2,(H2,29,30,35)(H3,27,28,31,32,33,34);10-11,14-19H,2-9,12-13H2,1H3,(H2,27,28,33)(H3,25,26,29,30,31,32);10-11,14-17H,2-9,12-13H2,1H3,(H2,24,26,31)(H3,23,25,27,28,29,30). The highest BCUT2D eigenvalue weighted by molar-refractivity contribution is 5.76. The van der Waals surface area contributed by atoms with Gasteiger partial charge in [-0.3, -0.25) is 20.4 Å². The van der Waals surface area contributed by atoms with Gasteiger partial charge in [-0.2, -0.15) is 40.3 Å². The van der Waals surface area contributed by atoms with Crippen LogP contribution in [-0.4, -0.2) is 243 Å². The number of ether oxygens (including phenoxy) is 5. The summed E-state index contributed by atoms with van der Waals surface area (Å²) in [5.74, 6) is 10.9. The predicted octanol–water partition coefficient (Wildman–Crippen LogP) is 14.8. The molecule has 2 bridgehead atoms. The molecule has 8 aromatic rings. The van der Waals surface area contributed by atoms with Crippen molar-refractivity contribution in [3.8, 4) is 0 Å². The van der Waals surface area contributed by atoms with E-state index >= 15 is 0 Å². The van der Waals surface area contributed by atoms with Gasteiger partial charge in [0, 0.05) is 188 Å². The Balaban J connectivity index is 0.000000123. The van der Waals surface area contributed by atoms with Crippen LogP contribution >= 0.6 is 0 Å². The molecule has 3 unspecified atom stereocenters. The van der Waals surface area contributed by atoms with E-state index in [9.17, 15) is 19.2 Å². The molecular formula is C98H146N32O9. The first-order chi connectivity index (χ1) is 68.1. The number of hydrogen-bond acceptors (Lipinski definition) is 29. The summed E-state index contributed by atoms with van der Waals surface area (Å²) in [7, 11) is 3.34. The highest BCUT2D eigenvalue weighted by atomic mass is 16.6. The van der Waals surface area contributed by atoms with Crippen molar-refractivity contribution < 1.29 is 42.9 Å². The molecule has 11 heterocycles. The number of methoxy groups -OCH3 is 2. The number of anilines is 12. The van der Waals surface area contributed by atoms with Gasteiger partial charge in [0.25, 0.3) is 0 Å². The van der Waals surface area contributed by atoms with E-state index in [1.165, 1.54) is 126 Å². The molecule has 0 radical (unpaired) electrons. The molecule has 20 N–H and O–H groups in total. The zero-order valence-electron chi connectivity index (χ0n) is 80.7. The SMILES string of the molecule is COC1CC(NC(=O)NC2CCC(Nc3nccc(Nc4cc(C5CCCC5)[nH]n4)n3)CC2)C1.COCCNC(=O)NC1CCC(Nc2nccc(Nc3cc(C4CCCC4)[nH]n3)n2)CC1.O=C(NC1CCC(Nc2nccc(Nc3cc(C4CCCC4)[nH]n3)n2)CC1)NC1CC2COCC(C1)O2.O=C(NC1CCC(Nc2nccc(Nc3cc(C4CCCC4)[nH]n3)n2)CC1)NC1CCC2(COC2)C1. The summed E-state index contributed by atoms with van der Waals surface area (Å²) >= 11 is 0. The minimum atomic E-state index is -0.130. The lowest BCUT2D eigenvalue weighted by molar-refractivity contribution is -0.165. The third-order valence-corrected chi connectivity index (χ3v) is 30.4. The molecule has 21 rings (SSSR count). The van der Waals surface area contributed by atoms with Crippen molar-refractivity contribution in [2.45, 2.75) is 359 Å². The molecule has 8 amide bonds. The fraction of sp³-hybridized carbons (Fsp3) is 0.673. The average molecular weight is 1920 g/mol. The second-order valence-corrected chi connectivity index (χ2v) is 40.9. The molecule has 8 aromatic heterocycles. The molecular weight excluding hydrogens is 1770 g/mol. The zero-order chi connectivity index (χ0) is 94.9. The smallest absolute Gasteiger partial charge is 0.315 e. The van der Waals surface area contributed by atoms with Gasteiger partial charge in [0.15, 0.2) is 23.3 Å². The maximum atomic E-state index is 12.6. The van der Waals surface area contributed by atoms with Gasteiger partial charge >= 0.3 is 24.1 Å². The van der Waals surface area contributed by atoms with E-state index in [0.29, 0.717) is 97.4 Å². The van der Waals surface area contributed by atoms with Gasteiger partial charge in [-0.25, -0.2) is 39.1 Å². The molecule has 0 aromatic carbocycles. The Kier molecular flexibility index (Phi) is 34.1. The molecule has 3 saturated heterocycles. The number of nitrogens with zero attached hydrogens (tertiary/aromatic N) is 12. The van der Waals surface area contributed by atoms with Crippen LogP contribution in [0.2, 0.25) is 0 Å². The molecule has 139 heavy (non-hydrogen) atoms. The fourth-order valence-electron chi connectivity index (χ4n) is 22.5. The van der Waals surface area contributed by atoms with Gasteiger partial charge in [0.05, 0.1) is 51.3 Å². The third-order valence-electron chi connectivity index (χ3n) is 30.4. The number of aromatic amines is 4. The Labute approximate surface area is 813 Å². The van der Waals surface area contributed by atoms with Crippen LogP contribution < -0.4 is 85.1 Å². The van der Waals surface area contributed by atoms with Crippen LogP contribution in [-0.2, 0) is 23.7 Å². The van der Waals surface area contributed by atoms with Crippen molar-refractivity contribution >= 4 is 94.5 Å². The summed E-state index contributed by atoms with van der Waals surface area (Å²) in [5.41, 5.74) is 5.17. The van der Waals surface area contributed by atoms with Crippen LogP contribution in [0.15, 0.2) is 73.3 Å². The second kappa shape index (κ2) is 48.5. The van der Waals surface area contributed by atoms with Crippen molar-refractivity contribution in [2.24, 2.45) is 5.41 Å². The lowest BCUT2D eigenvalue weighted by atomic mass is 9.84. The summed E-state index contributed by atoms with van der Waals surface area (Å²) in [4.78, 5) is 85.3. The van der Waals surface area contributed by atoms with Crippen LogP contribution in [0.5, 0.6) is 0 Å². The highest BCUT2D eigenvalue weighted by Crippen LogP contribution is 2.45. The minimum Gasteiger partial charge on any atom is -0.383 e. The first-order valence-corrected chi connectivity index (χ1v) is 51.9. The van der Waals surface area contributed by atoms with Gasteiger partial charge in [-0.05, 0) is 223 Å². The van der Waals surface area contributed by atoms with Gasteiger partial charge in [-0.15, -0.1) is 0 Å². The maximum Gasteiger partial charge on any atom is 0.315 e. The molecule has 752 valence electrons. The summed E-state index contributed by atoms with van der Waals surface area (Å²) in [6.45, 7) is 4.00. The fourth-order valence-corrected chi connectivity index (χ4v) is 22.5. The number of fused-ring (bicyclic) bond motifs is 2. The van der Waals surface area contributed by atoms with E-state index in [4.69, 9.17) is 23.7 Å². The molecule has 41 nitrogen and oxygen atoms in total. The van der Waals surface area contributed by atoms with Gasteiger partial charge < -0.3 is 109 Å². The van der Waals surface area contributed by atoms with Crippen molar-refractivity contribution in [2.75, 3.05) is 96.3 Å². The molecule has 13 fully saturated rings. The molecule has 10 saturated carbocycles. The number of hydrogen-bond donors (Lipinski definition) is 20.